The quantitative estimate of drug-likeness (QED) is 0.684. The molecular weight excluding hydrogens is 370 g/mol. The maximum Gasteiger partial charge on any atom is 0.252 e. The fraction of sp³-hybridized carbons (Fsp3) is 0.333. The lowest BCUT2D eigenvalue weighted by Crippen LogP contribution is -2.28. The number of rotatable bonds is 4. The van der Waals surface area contributed by atoms with Gasteiger partial charge in [-0.2, -0.15) is 9.29 Å². The molecule has 0 unspecified atom stereocenters. The Kier molecular flexibility index (Phi) is 4.42. The summed E-state index contributed by atoms with van der Waals surface area (Å²) >= 11 is 1.30. The van der Waals surface area contributed by atoms with Gasteiger partial charge < -0.3 is 4.52 Å². The van der Waals surface area contributed by atoms with E-state index in [2.05, 4.69) is 10.1 Å². The van der Waals surface area contributed by atoms with Crippen LogP contribution in [-0.4, -0.2) is 36.0 Å². The fourth-order valence-electron chi connectivity index (χ4n) is 3.39. The summed E-state index contributed by atoms with van der Waals surface area (Å²) in [6.45, 7) is 4.41. The Morgan fingerprint density at radius 3 is 2.42 bits per heavy atom. The molecule has 0 N–H and O–H groups in total. The summed E-state index contributed by atoms with van der Waals surface area (Å²) in [5.74, 6) is 0.875. The molecule has 1 aliphatic rings. The number of hydrogen-bond acceptors (Lipinski definition) is 6. The molecule has 2 atom stereocenters. The number of nitrogens with zero attached hydrogens (tertiary/aromatic N) is 3. The van der Waals surface area contributed by atoms with Crippen LogP contribution in [0.1, 0.15) is 34.0 Å². The molecule has 6 nitrogen and oxygen atoms in total. The summed E-state index contributed by atoms with van der Waals surface area (Å²) in [5.41, 5.74) is 1.08. The summed E-state index contributed by atoms with van der Waals surface area (Å²) in [5, 5.41) is 3.89. The van der Waals surface area contributed by atoms with Crippen molar-refractivity contribution in [2.75, 3.05) is 13.1 Å². The van der Waals surface area contributed by atoms with Gasteiger partial charge in [-0.3, -0.25) is 0 Å². The van der Waals surface area contributed by atoms with Gasteiger partial charge in [-0.05, 0) is 31.5 Å². The first-order valence-corrected chi connectivity index (χ1v) is 10.6. The Bertz CT molecular complexity index is 1010. The van der Waals surface area contributed by atoms with Crippen LogP contribution in [0, 0.1) is 13.8 Å². The largest absolute Gasteiger partial charge is 0.339 e. The zero-order valence-electron chi connectivity index (χ0n) is 14.5. The van der Waals surface area contributed by atoms with Crippen molar-refractivity contribution in [1.82, 2.24) is 14.4 Å². The summed E-state index contributed by atoms with van der Waals surface area (Å²) < 4.78 is 33.5. The summed E-state index contributed by atoms with van der Waals surface area (Å²) in [6, 6.07) is 13.4. The van der Waals surface area contributed by atoms with Gasteiger partial charge in [-0.15, -0.1) is 11.3 Å². The van der Waals surface area contributed by atoms with E-state index in [-0.39, 0.29) is 11.8 Å². The number of hydrogen-bond donors (Lipinski definition) is 0. The Balaban J connectivity index is 1.71. The summed E-state index contributed by atoms with van der Waals surface area (Å²) in [4.78, 5) is 5.34. The van der Waals surface area contributed by atoms with Crippen LogP contribution < -0.4 is 0 Å². The smallest absolute Gasteiger partial charge is 0.252 e. The standard InChI is InChI=1S/C18H19N3O3S2/c1-12-8-9-17(25-12)26(22,23)21-10-15(14-6-4-3-5-7-14)16(11-21)18-19-13(2)20-24-18/h3-9,15-16H,10-11H2,1-2H3/t15-,16-/m1/s1. The van der Waals surface area contributed by atoms with Gasteiger partial charge >= 0.3 is 0 Å². The van der Waals surface area contributed by atoms with E-state index >= 15 is 0 Å². The van der Waals surface area contributed by atoms with E-state index < -0.39 is 10.0 Å². The van der Waals surface area contributed by atoms with Gasteiger partial charge in [0.25, 0.3) is 10.0 Å². The zero-order valence-corrected chi connectivity index (χ0v) is 16.1. The maximum atomic E-state index is 13.1. The molecule has 0 radical (unpaired) electrons. The van der Waals surface area contributed by atoms with Crippen LogP contribution in [-0.2, 0) is 10.0 Å². The van der Waals surface area contributed by atoms with E-state index in [1.54, 1.807) is 17.3 Å². The van der Waals surface area contributed by atoms with E-state index in [4.69, 9.17) is 4.52 Å². The van der Waals surface area contributed by atoms with Crippen LogP contribution in [0.2, 0.25) is 0 Å². The van der Waals surface area contributed by atoms with Gasteiger partial charge in [0.2, 0.25) is 5.89 Å². The maximum absolute atomic E-state index is 13.1. The first kappa shape index (κ1) is 17.4. The van der Waals surface area contributed by atoms with Crippen LogP contribution in [0.15, 0.2) is 51.2 Å². The molecule has 0 saturated carbocycles. The molecule has 0 aliphatic carbocycles. The molecule has 3 aromatic rings. The fourth-order valence-corrected chi connectivity index (χ4v) is 6.32. The van der Waals surface area contributed by atoms with Crippen molar-refractivity contribution in [3.05, 3.63) is 64.6 Å². The first-order chi connectivity index (χ1) is 12.4. The predicted octanol–water partition coefficient (Wildman–Crippen LogP) is 3.32. The lowest BCUT2D eigenvalue weighted by molar-refractivity contribution is 0.345. The van der Waals surface area contributed by atoms with Crippen molar-refractivity contribution in [2.24, 2.45) is 0 Å². The second-order valence-electron chi connectivity index (χ2n) is 6.49. The van der Waals surface area contributed by atoms with Gasteiger partial charge in [0, 0.05) is 23.9 Å². The Morgan fingerprint density at radius 2 is 1.81 bits per heavy atom. The SMILES string of the molecule is Cc1noc([C@@H]2CN(S(=O)(=O)c3ccc(C)s3)C[C@@H]2c2ccccc2)n1. The molecule has 1 aliphatic heterocycles. The minimum atomic E-state index is -3.53. The molecule has 1 saturated heterocycles. The molecule has 2 aromatic heterocycles. The van der Waals surface area contributed by atoms with Crippen LogP contribution >= 0.6 is 11.3 Å². The van der Waals surface area contributed by atoms with Crippen LogP contribution in [0.5, 0.6) is 0 Å². The third-order valence-electron chi connectivity index (χ3n) is 4.68. The normalized spacial score (nSPS) is 21.3. The number of benzene rings is 1. The molecule has 3 heterocycles. The van der Waals surface area contributed by atoms with Crippen LogP contribution in [0.4, 0.5) is 0 Å². The van der Waals surface area contributed by atoms with Gasteiger partial charge in [0.1, 0.15) is 4.21 Å². The number of thiophene rings is 1. The Hall–Kier alpha value is -2.03. The number of aryl methyl sites for hydroxylation is 2. The highest BCUT2D eigenvalue weighted by molar-refractivity contribution is 7.91. The van der Waals surface area contributed by atoms with Gasteiger partial charge in [-0.25, -0.2) is 8.42 Å². The van der Waals surface area contributed by atoms with Crippen LogP contribution in [0.3, 0.4) is 0 Å². The minimum Gasteiger partial charge on any atom is -0.339 e. The van der Waals surface area contributed by atoms with E-state index in [0.29, 0.717) is 29.0 Å². The molecule has 4 rings (SSSR count). The highest BCUT2D eigenvalue weighted by atomic mass is 32.2. The average molecular weight is 390 g/mol. The highest BCUT2D eigenvalue weighted by Crippen LogP contribution is 2.41. The Labute approximate surface area is 156 Å². The second-order valence-corrected chi connectivity index (χ2v) is 9.94. The highest BCUT2D eigenvalue weighted by Gasteiger charge is 2.43. The number of aromatic nitrogens is 2. The molecule has 26 heavy (non-hydrogen) atoms. The Morgan fingerprint density at radius 1 is 1.08 bits per heavy atom. The molecule has 0 bridgehead atoms. The van der Waals surface area contributed by atoms with Gasteiger partial charge in [-0.1, -0.05) is 35.5 Å². The van der Waals surface area contributed by atoms with Crippen molar-refractivity contribution in [3.63, 3.8) is 0 Å². The monoisotopic (exact) mass is 389 g/mol. The topological polar surface area (TPSA) is 76.3 Å². The third-order valence-corrected chi connectivity index (χ3v) is 7.98. The van der Waals surface area contributed by atoms with E-state index in [1.165, 1.54) is 11.3 Å². The lowest BCUT2D eigenvalue weighted by Gasteiger charge is -2.15. The van der Waals surface area contributed by atoms with E-state index in [0.717, 1.165) is 10.4 Å². The molecule has 0 spiro atoms. The van der Waals surface area contributed by atoms with Gasteiger partial charge in [0.15, 0.2) is 5.82 Å². The van der Waals surface area contributed by atoms with Crippen molar-refractivity contribution in [2.45, 2.75) is 29.9 Å². The van der Waals surface area contributed by atoms with Crippen LogP contribution in [0.25, 0.3) is 0 Å². The van der Waals surface area contributed by atoms with Crippen molar-refractivity contribution >= 4 is 21.4 Å². The van der Waals surface area contributed by atoms with Crippen molar-refractivity contribution in [1.29, 1.82) is 0 Å². The van der Waals surface area contributed by atoms with Crippen molar-refractivity contribution < 1.29 is 12.9 Å². The number of sulfonamides is 1. The second kappa shape index (κ2) is 6.61. The zero-order chi connectivity index (χ0) is 18.3. The van der Waals surface area contributed by atoms with E-state index in [9.17, 15) is 8.42 Å². The molecule has 0 amide bonds. The molecule has 8 heteroatoms. The minimum absolute atomic E-state index is 0.0214. The van der Waals surface area contributed by atoms with Crippen molar-refractivity contribution in [3.8, 4) is 0 Å². The molecule has 1 fully saturated rings. The predicted molar refractivity (Wildman–Crippen MR) is 98.8 cm³/mol. The first-order valence-electron chi connectivity index (χ1n) is 8.37. The molecule has 1 aromatic carbocycles. The molecular formula is C18H19N3O3S2. The van der Waals surface area contributed by atoms with Gasteiger partial charge in [0.05, 0.1) is 5.92 Å². The third kappa shape index (κ3) is 3.08. The summed E-state index contributed by atoms with van der Waals surface area (Å²) in [6.07, 6.45) is 0. The average Bonchev–Trinajstić information content (AvgIpc) is 3.34. The molecule has 136 valence electrons. The summed E-state index contributed by atoms with van der Waals surface area (Å²) in [7, 11) is -3.53. The lowest BCUT2D eigenvalue weighted by atomic mass is 9.89. The van der Waals surface area contributed by atoms with E-state index in [1.807, 2.05) is 43.3 Å².